The summed E-state index contributed by atoms with van der Waals surface area (Å²) in [6.45, 7) is 2.73. The van der Waals surface area contributed by atoms with Crippen LogP contribution in [0.5, 0.6) is 0 Å². The number of sulfonamides is 1. The lowest BCUT2D eigenvalue weighted by Gasteiger charge is -2.31. The van der Waals surface area contributed by atoms with E-state index in [1.165, 1.54) is 4.31 Å². The molecule has 1 fully saturated rings. The molecule has 1 amide bonds. The van der Waals surface area contributed by atoms with Crippen LogP contribution in [0.15, 0.2) is 50.4 Å². The Kier molecular flexibility index (Phi) is 5.81. The molecule has 0 radical (unpaired) electrons. The number of amides is 1. The zero-order valence-corrected chi connectivity index (χ0v) is 16.7. The van der Waals surface area contributed by atoms with Gasteiger partial charge >= 0.3 is 0 Å². The minimum absolute atomic E-state index is 0.214. The highest BCUT2D eigenvalue weighted by molar-refractivity contribution is 9.10. The highest BCUT2D eigenvalue weighted by atomic mass is 79.9. The summed E-state index contributed by atoms with van der Waals surface area (Å²) < 4.78 is 32.5. The fourth-order valence-corrected chi connectivity index (χ4v) is 4.39. The maximum absolute atomic E-state index is 12.7. The first-order valence-electron chi connectivity index (χ1n) is 8.17. The number of likely N-dealkylation sites (N-methyl/N-ethyl adjacent to an activating group) is 1. The summed E-state index contributed by atoms with van der Waals surface area (Å²) in [5.41, 5.74) is 0.807. The van der Waals surface area contributed by atoms with Crippen molar-refractivity contribution in [3.05, 3.63) is 52.4 Å². The van der Waals surface area contributed by atoms with E-state index in [-0.39, 0.29) is 23.1 Å². The van der Waals surface area contributed by atoms with Crippen molar-refractivity contribution in [3.63, 3.8) is 0 Å². The largest absolute Gasteiger partial charge is 0.444 e. The molecule has 1 saturated heterocycles. The fraction of sp³-hybridized carbons (Fsp3) is 0.353. The van der Waals surface area contributed by atoms with E-state index in [1.54, 1.807) is 36.4 Å². The highest BCUT2D eigenvalue weighted by Gasteiger charge is 2.27. The first-order valence-corrected chi connectivity index (χ1v) is 10.4. The van der Waals surface area contributed by atoms with Gasteiger partial charge in [0.2, 0.25) is 10.0 Å². The second kappa shape index (κ2) is 7.91. The molecule has 2 heterocycles. The van der Waals surface area contributed by atoms with Gasteiger partial charge in [-0.25, -0.2) is 8.42 Å². The number of furan rings is 1. The first kappa shape index (κ1) is 19.1. The molecular formula is C17H20BrN3O4S. The lowest BCUT2D eigenvalue weighted by atomic mass is 10.2. The van der Waals surface area contributed by atoms with Gasteiger partial charge in [-0.2, -0.15) is 4.31 Å². The number of piperazine rings is 1. The lowest BCUT2D eigenvalue weighted by molar-refractivity contribution is 0.0922. The third-order valence-corrected chi connectivity index (χ3v) is 6.61. The van der Waals surface area contributed by atoms with Crippen LogP contribution >= 0.6 is 15.9 Å². The molecule has 1 aliphatic heterocycles. The Morgan fingerprint density at radius 3 is 2.35 bits per heavy atom. The average molecular weight is 442 g/mol. The number of benzene rings is 1. The van der Waals surface area contributed by atoms with Gasteiger partial charge < -0.3 is 14.6 Å². The first-order chi connectivity index (χ1) is 12.4. The van der Waals surface area contributed by atoms with Crippen LogP contribution < -0.4 is 5.32 Å². The molecule has 0 atom stereocenters. The van der Waals surface area contributed by atoms with E-state index in [0.29, 0.717) is 17.8 Å². The van der Waals surface area contributed by atoms with Gasteiger partial charge in [0.25, 0.3) is 5.91 Å². The summed E-state index contributed by atoms with van der Waals surface area (Å²) in [5.74, 6) is -0.115. The average Bonchev–Trinajstić information content (AvgIpc) is 3.07. The highest BCUT2D eigenvalue weighted by Crippen LogP contribution is 2.18. The van der Waals surface area contributed by atoms with Gasteiger partial charge in [0.15, 0.2) is 10.4 Å². The van der Waals surface area contributed by atoms with Gasteiger partial charge in [-0.1, -0.05) is 12.1 Å². The zero-order chi connectivity index (χ0) is 18.7. The quantitative estimate of drug-likeness (QED) is 0.765. The van der Waals surface area contributed by atoms with E-state index < -0.39 is 10.0 Å². The van der Waals surface area contributed by atoms with Crippen molar-refractivity contribution in [2.24, 2.45) is 0 Å². The van der Waals surface area contributed by atoms with Gasteiger partial charge in [-0.05, 0) is 52.8 Å². The molecule has 1 aromatic heterocycles. The van der Waals surface area contributed by atoms with E-state index in [0.717, 1.165) is 18.7 Å². The van der Waals surface area contributed by atoms with Gasteiger partial charge in [0.05, 0.1) is 4.90 Å². The standard InChI is InChI=1S/C17H20BrN3O4S/c1-20-8-10-21(11-9-20)26(23,24)14-4-2-13(3-5-14)12-19-17(22)15-6-7-16(18)25-15/h2-7H,8-12H2,1H3,(H,19,22). The molecule has 0 bridgehead atoms. The van der Waals surface area contributed by atoms with Crippen LogP contribution in [0.3, 0.4) is 0 Å². The summed E-state index contributed by atoms with van der Waals surface area (Å²) in [4.78, 5) is 14.3. The number of nitrogens with zero attached hydrogens (tertiary/aromatic N) is 2. The molecule has 0 aliphatic carbocycles. The van der Waals surface area contributed by atoms with Crippen molar-refractivity contribution in [2.75, 3.05) is 33.2 Å². The molecule has 26 heavy (non-hydrogen) atoms. The Morgan fingerprint density at radius 2 is 1.77 bits per heavy atom. The van der Waals surface area contributed by atoms with E-state index in [1.807, 2.05) is 7.05 Å². The topological polar surface area (TPSA) is 82.9 Å². The molecule has 0 spiro atoms. The molecule has 3 rings (SSSR count). The molecule has 0 unspecified atom stereocenters. The second-order valence-corrected chi connectivity index (χ2v) is 8.86. The molecule has 1 aliphatic rings. The Labute approximate surface area is 161 Å². The summed E-state index contributed by atoms with van der Waals surface area (Å²) >= 11 is 3.15. The molecular weight excluding hydrogens is 422 g/mol. The van der Waals surface area contributed by atoms with Crippen LogP contribution in [0.2, 0.25) is 0 Å². The predicted molar refractivity (Wildman–Crippen MR) is 100 cm³/mol. The van der Waals surface area contributed by atoms with Crippen LogP contribution in [0.25, 0.3) is 0 Å². The van der Waals surface area contributed by atoms with E-state index in [9.17, 15) is 13.2 Å². The third kappa shape index (κ3) is 4.35. The maximum Gasteiger partial charge on any atom is 0.287 e. The van der Waals surface area contributed by atoms with Crippen LogP contribution in [-0.2, 0) is 16.6 Å². The van der Waals surface area contributed by atoms with Crippen LogP contribution in [0.1, 0.15) is 16.1 Å². The third-order valence-electron chi connectivity index (χ3n) is 4.27. The van der Waals surface area contributed by atoms with E-state index in [4.69, 9.17) is 4.42 Å². The molecule has 2 aromatic rings. The number of hydrogen-bond donors (Lipinski definition) is 1. The monoisotopic (exact) mass is 441 g/mol. The van der Waals surface area contributed by atoms with Crippen molar-refractivity contribution < 1.29 is 17.6 Å². The smallest absolute Gasteiger partial charge is 0.287 e. The molecule has 9 heteroatoms. The van der Waals surface area contributed by atoms with Gasteiger partial charge in [-0.15, -0.1) is 0 Å². The van der Waals surface area contributed by atoms with E-state index in [2.05, 4.69) is 26.1 Å². The maximum atomic E-state index is 12.7. The minimum atomic E-state index is -3.47. The minimum Gasteiger partial charge on any atom is -0.444 e. The molecule has 1 aromatic carbocycles. The Morgan fingerprint density at radius 1 is 1.12 bits per heavy atom. The van der Waals surface area contributed by atoms with Crippen molar-refractivity contribution in [3.8, 4) is 0 Å². The molecule has 140 valence electrons. The number of carbonyl (C=O) groups excluding carboxylic acids is 1. The number of halogens is 1. The SMILES string of the molecule is CN1CCN(S(=O)(=O)c2ccc(CNC(=O)c3ccc(Br)o3)cc2)CC1. The van der Waals surface area contributed by atoms with Gasteiger partial charge in [-0.3, -0.25) is 4.79 Å². The summed E-state index contributed by atoms with van der Waals surface area (Å²) in [6.07, 6.45) is 0. The Balaban J connectivity index is 1.62. The van der Waals surface area contributed by atoms with Crippen molar-refractivity contribution in [1.82, 2.24) is 14.5 Å². The summed E-state index contributed by atoms with van der Waals surface area (Å²) in [6, 6.07) is 9.80. The lowest BCUT2D eigenvalue weighted by Crippen LogP contribution is -2.47. The van der Waals surface area contributed by atoms with Crippen molar-refractivity contribution in [2.45, 2.75) is 11.4 Å². The molecule has 7 nitrogen and oxygen atoms in total. The number of hydrogen-bond acceptors (Lipinski definition) is 5. The Bertz CT molecular complexity index is 872. The normalized spacial score (nSPS) is 16.5. The van der Waals surface area contributed by atoms with Crippen LogP contribution in [0.4, 0.5) is 0 Å². The second-order valence-electron chi connectivity index (χ2n) is 6.14. The van der Waals surface area contributed by atoms with E-state index >= 15 is 0 Å². The van der Waals surface area contributed by atoms with Crippen LogP contribution in [0, 0.1) is 0 Å². The predicted octanol–water partition coefficient (Wildman–Crippen LogP) is 1.91. The van der Waals surface area contributed by atoms with Crippen molar-refractivity contribution in [1.29, 1.82) is 0 Å². The van der Waals surface area contributed by atoms with Crippen LogP contribution in [-0.4, -0.2) is 56.8 Å². The fourth-order valence-electron chi connectivity index (χ4n) is 2.66. The van der Waals surface area contributed by atoms with Gasteiger partial charge in [0, 0.05) is 32.7 Å². The zero-order valence-electron chi connectivity index (χ0n) is 14.3. The molecule has 0 saturated carbocycles. The number of nitrogens with one attached hydrogen (secondary N) is 1. The number of rotatable bonds is 5. The summed E-state index contributed by atoms with van der Waals surface area (Å²) in [5, 5.41) is 2.74. The van der Waals surface area contributed by atoms with Crippen molar-refractivity contribution >= 4 is 31.9 Å². The Hall–Kier alpha value is -1.68. The van der Waals surface area contributed by atoms with Gasteiger partial charge in [0.1, 0.15) is 0 Å². The summed E-state index contributed by atoms with van der Waals surface area (Å²) in [7, 11) is -1.49. The number of carbonyl (C=O) groups is 1. The molecule has 1 N–H and O–H groups in total.